The maximum Gasteiger partial charge on any atom is 0.223 e. The summed E-state index contributed by atoms with van der Waals surface area (Å²) in [6.45, 7) is 0. The Morgan fingerprint density at radius 3 is 2.15 bits per heavy atom. The zero-order chi connectivity index (χ0) is 22.6. The van der Waals surface area contributed by atoms with E-state index in [-0.39, 0.29) is 5.28 Å². The third-order valence-corrected chi connectivity index (χ3v) is 6.69. The summed E-state index contributed by atoms with van der Waals surface area (Å²) in [4.78, 5) is 9.29. The number of rotatable bonds is 2. The van der Waals surface area contributed by atoms with Crippen LogP contribution in [0.25, 0.3) is 60.4 Å². The van der Waals surface area contributed by atoms with Gasteiger partial charge in [-0.1, -0.05) is 78.9 Å². The summed E-state index contributed by atoms with van der Waals surface area (Å²) in [7, 11) is 0. The average Bonchev–Trinajstić information content (AvgIpc) is 3.22. The third kappa shape index (κ3) is 2.84. The third-order valence-electron chi connectivity index (χ3n) is 6.53. The molecule has 0 aliphatic rings. The van der Waals surface area contributed by atoms with Crippen molar-refractivity contribution in [3.8, 4) is 16.9 Å². The fourth-order valence-electron chi connectivity index (χ4n) is 5.03. The Balaban J connectivity index is 1.57. The molecule has 0 atom stereocenters. The molecule has 0 fully saturated rings. The van der Waals surface area contributed by atoms with E-state index in [1.165, 1.54) is 16.3 Å². The maximum absolute atomic E-state index is 6.46. The summed E-state index contributed by atoms with van der Waals surface area (Å²) in [5.41, 5.74) is 6.16. The van der Waals surface area contributed by atoms with E-state index < -0.39 is 0 Å². The molecule has 0 spiro atoms. The number of halogens is 1. The van der Waals surface area contributed by atoms with Gasteiger partial charge >= 0.3 is 0 Å². The first-order chi connectivity index (χ1) is 16.8. The fourth-order valence-corrected chi connectivity index (χ4v) is 5.20. The van der Waals surface area contributed by atoms with Crippen molar-refractivity contribution in [1.29, 1.82) is 0 Å². The molecule has 0 amide bonds. The number of aromatic nitrogens is 3. The van der Waals surface area contributed by atoms with Crippen molar-refractivity contribution < 1.29 is 0 Å². The number of hydrogen-bond acceptors (Lipinski definition) is 2. The number of para-hydroxylation sites is 2. The first-order valence-electron chi connectivity index (χ1n) is 11.2. The van der Waals surface area contributed by atoms with Gasteiger partial charge in [0.15, 0.2) is 0 Å². The van der Waals surface area contributed by atoms with Crippen LogP contribution in [0.5, 0.6) is 0 Å². The van der Waals surface area contributed by atoms with Crippen LogP contribution in [0.1, 0.15) is 0 Å². The summed E-state index contributed by atoms with van der Waals surface area (Å²) in [5, 5.41) is 5.88. The molecule has 0 saturated carbocycles. The molecule has 5 aromatic carbocycles. The standard InChI is InChI=1S/C30H18ClN3/c31-30-32-28(25-17-14-19-8-4-5-11-22(19)29(25)33-30)20-15-16-24-23-12-6-7-13-26(23)34(27(24)18-20)21-9-2-1-3-10-21/h1-18H. The maximum atomic E-state index is 6.46. The van der Waals surface area contributed by atoms with Crippen molar-refractivity contribution in [2.75, 3.05) is 0 Å². The van der Waals surface area contributed by atoms with Crippen LogP contribution < -0.4 is 0 Å². The highest BCUT2D eigenvalue weighted by molar-refractivity contribution is 6.29. The molecular weight excluding hydrogens is 438 g/mol. The fraction of sp³-hybridized carbons (Fsp3) is 0. The van der Waals surface area contributed by atoms with Gasteiger partial charge in [0.25, 0.3) is 0 Å². The van der Waals surface area contributed by atoms with Crippen LogP contribution >= 0.6 is 11.6 Å². The van der Waals surface area contributed by atoms with E-state index in [9.17, 15) is 0 Å². The van der Waals surface area contributed by atoms with Crippen molar-refractivity contribution in [2.24, 2.45) is 0 Å². The van der Waals surface area contributed by atoms with E-state index in [1.54, 1.807) is 0 Å². The second kappa shape index (κ2) is 7.41. The van der Waals surface area contributed by atoms with Gasteiger partial charge in [-0.2, -0.15) is 0 Å². The molecule has 0 unspecified atom stereocenters. The first kappa shape index (κ1) is 19.3. The lowest BCUT2D eigenvalue weighted by Crippen LogP contribution is -1.95. The van der Waals surface area contributed by atoms with E-state index in [0.717, 1.165) is 44.1 Å². The summed E-state index contributed by atoms with van der Waals surface area (Å²) >= 11 is 6.46. The minimum absolute atomic E-state index is 0.252. The Bertz CT molecular complexity index is 1870. The molecule has 7 rings (SSSR count). The molecule has 3 nitrogen and oxygen atoms in total. The molecule has 160 valence electrons. The quantitative estimate of drug-likeness (QED) is 0.194. The molecule has 4 heteroatoms. The normalized spacial score (nSPS) is 11.7. The molecule has 0 aliphatic heterocycles. The minimum Gasteiger partial charge on any atom is -0.309 e. The van der Waals surface area contributed by atoms with Gasteiger partial charge in [0.05, 0.1) is 22.2 Å². The van der Waals surface area contributed by atoms with Crippen LogP contribution in [-0.4, -0.2) is 14.5 Å². The molecule has 0 N–H and O–H groups in total. The lowest BCUT2D eigenvalue weighted by atomic mass is 10.0. The van der Waals surface area contributed by atoms with Crippen LogP contribution in [-0.2, 0) is 0 Å². The Kier molecular flexibility index (Phi) is 4.20. The van der Waals surface area contributed by atoms with Crippen molar-refractivity contribution in [2.45, 2.75) is 0 Å². The Morgan fingerprint density at radius 1 is 0.559 bits per heavy atom. The Morgan fingerprint density at radius 2 is 1.26 bits per heavy atom. The smallest absolute Gasteiger partial charge is 0.223 e. The average molecular weight is 456 g/mol. The van der Waals surface area contributed by atoms with Gasteiger partial charge < -0.3 is 4.57 Å². The van der Waals surface area contributed by atoms with Crippen molar-refractivity contribution in [1.82, 2.24) is 14.5 Å². The van der Waals surface area contributed by atoms with Gasteiger partial charge in [0.1, 0.15) is 0 Å². The predicted molar refractivity (Wildman–Crippen MR) is 142 cm³/mol. The second-order valence-corrected chi connectivity index (χ2v) is 8.78. The summed E-state index contributed by atoms with van der Waals surface area (Å²) in [6, 6.07) is 38.0. The topological polar surface area (TPSA) is 30.7 Å². The monoisotopic (exact) mass is 455 g/mol. The number of hydrogen-bond donors (Lipinski definition) is 0. The van der Waals surface area contributed by atoms with Crippen LogP contribution in [0.3, 0.4) is 0 Å². The number of benzene rings is 5. The highest BCUT2D eigenvalue weighted by atomic mass is 35.5. The zero-order valence-corrected chi connectivity index (χ0v) is 18.9. The van der Waals surface area contributed by atoms with Gasteiger partial charge in [0, 0.05) is 32.8 Å². The van der Waals surface area contributed by atoms with Gasteiger partial charge in [0.2, 0.25) is 5.28 Å². The van der Waals surface area contributed by atoms with Crippen molar-refractivity contribution in [3.63, 3.8) is 0 Å². The van der Waals surface area contributed by atoms with Crippen molar-refractivity contribution in [3.05, 3.63) is 114 Å². The molecule has 0 radical (unpaired) electrons. The minimum atomic E-state index is 0.252. The van der Waals surface area contributed by atoms with E-state index in [0.29, 0.717) is 0 Å². The van der Waals surface area contributed by atoms with Gasteiger partial charge in [-0.05, 0) is 47.3 Å². The molecular formula is C30H18ClN3. The zero-order valence-electron chi connectivity index (χ0n) is 18.1. The molecule has 2 aromatic heterocycles. The van der Waals surface area contributed by atoms with Gasteiger partial charge in [-0.15, -0.1) is 0 Å². The second-order valence-electron chi connectivity index (χ2n) is 8.44. The highest BCUT2D eigenvalue weighted by Gasteiger charge is 2.16. The largest absolute Gasteiger partial charge is 0.309 e. The van der Waals surface area contributed by atoms with Gasteiger partial charge in [-0.25, -0.2) is 9.97 Å². The molecule has 34 heavy (non-hydrogen) atoms. The van der Waals surface area contributed by atoms with E-state index in [4.69, 9.17) is 11.6 Å². The first-order valence-corrected chi connectivity index (χ1v) is 11.6. The van der Waals surface area contributed by atoms with E-state index in [2.05, 4.69) is 106 Å². The van der Waals surface area contributed by atoms with Crippen molar-refractivity contribution >= 4 is 55.1 Å². The number of fused-ring (bicyclic) bond motifs is 6. The van der Waals surface area contributed by atoms with Crippen LogP contribution in [0.15, 0.2) is 109 Å². The summed E-state index contributed by atoms with van der Waals surface area (Å²) in [5.74, 6) is 0. The Hall–Kier alpha value is -4.21. The lowest BCUT2D eigenvalue weighted by Gasteiger charge is -2.11. The molecule has 0 saturated heterocycles. The SMILES string of the molecule is Clc1nc(-c2ccc3c4ccccc4n(-c4ccccc4)c3c2)c2ccc3ccccc3c2n1. The Labute approximate surface area is 200 Å². The molecule has 0 bridgehead atoms. The van der Waals surface area contributed by atoms with E-state index in [1.807, 2.05) is 18.2 Å². The summed E-state index contributed by atoms with van der Waals surface area (Å²) in [6.07, 6.45) is 0. The number of nitrogens with zero attached hydrogens (tertiary/aromatic N) is 3. The van der Waals surface area contributed by atoms with Crippen LogP contribution in [0, 0.1) is 0 Å². The summed E-state index contributed by atoms with van der Waals surface area (Å²) < 4.78 is 2.31. The molecule has 0 aliphatic carbocycles. The molecule has 2 heterocycles. The van der Waals surface area contributed by atoms with Gasteiger partial charge in [-0.3, -0.25) is 0 Å². The van der Waals surface area contributed by atoms with E-state index >= 15 is 0 Å². The van der Waals surface area contributed by atoms with Crippen LogP contribution in [0.2, 0.25) is 5.28 Å². The lowest BCUT2D eigenvalue weighted by molar-refractivity contribution is 1.18. The predicted octanol–water partition coefficient (Wildman–Crippen LogP) is 8.20. The molecule has 7 aromatic rings. The highest BCUT2D eigenvalue weighted by Crippen LogP contribution is 2.37. The van der Waals surface area contributed by atoms with Crippen LogP contribution in [0.4, 0.5) is 0 Å².